The van der Waals surface area contributed by atoms with E-state index in [1.54, 1.807) is 17.2 Å². The van der Waals surface area contributed by atoms with E-state index < -0.39 is 0 Å². The van der Waals surface area contributed by atoms with Gasteiger partial charge in [0.2, 0.25) is 5.95 Å². The lowest BCUT2D eigenvalue weighted by Gasteiger charge is -2.22. The van der Waals surface area contributed by atoms with Gasteiger partial charge in [0.15, 0.2) is 0 Å². The minimum absolute atomic E-state index is 0.0484. The fourth-order valence-corrected chi connectivity index (χ4v) is 3.61. The molecule has 5 nitrogen and oxygen atoms in total. The molecule has 0 aliphatic rings. The molecule has 0 fully saturated rings. The number of benzene rings is 3. The minimum Gasteiger partial charge on any atom is -0.348 e. The first-order chi connectivity index (χ1) is 15.2. The van der Waals surface area contributed by atoms with Crippen LogP contribution in [0.3, 0.4) is 0 Å². The Labute approximate surface area is 182 Å². The molecule has 0 aliphatic carbocycles. The number of hydrogen-bond donors (Lipinski definition) is 1. The average Bonchev–Trinajstić information content (AvgIpc) is 2.82. The number of nitrogens with one attached hydrogen (secondary N) is 1. The fourth-order valence-electron chi connectivity index (χ4n) is 3.61. The fraction of sp³-hybridized carbons (Fsp3) is 0.192. The molecule has 0 radical (unpaired) electrons. The highest BCUT2D eigenvalue weighted by Crippen LogP contribution is 2.22. The maximum Gasteiger partial charge on any atom is 0.259 e. The molecule has 4 rings (SSSR count). The van der Waals surface area contributed by atoms with E-state index in [9.17, 15) is 4.79 Å². The highest BCUT2D eigenvalue weighted by atomic mass is 16.2. The summed E-state index contributed by atoms with van der Waals surface area (Å²) in [5, 5.41) is 5.50. The minimum atomic E-state index is -0.0617. The molecule has 0 unspecified atom stereocenters. The first kappa shape index (κ1) is 20.5. The number of rotatable bonds is 7. The summed E-state index contributed by atoms with van der Waals surface area (Å²) in [6.45, 7) is 4.70. The molecule has 1 N–H and O–H groups in total. The predicted molar refractivity (Wildman–Crippen MR) is 126 cm³/mol. The van der Waals surface area contributed by atoms with Crippen LogP contribution in [-0.4, -0.2) is 22.4 Å². The van der Waals surface area contributed by atoms with E-state index in [0.29, 0.717) is 23.9 Å². The van der Waals surface area contributed by atoms with Crippen LogP contribution < -0.4 is 10.2 Å². The lowest BCUT2D eigenvalue weighted by molar-refractivity contribution is 0.0986. The van der Waals surface area contributed by atoms with Crippen molar-refractivity contribution in [3.63, 3.8) is 0 Å². The summed E-state index contributed by atoms with van der Waals surface area (Å²) in [6.07, 6.45) is 2.52. The number of anilines is 2. The van der Waals surface area contributed by atoms with Crippen molar-refractivity contribution >= 4 is 28.4 Å². The number of hydrogen-bond acceptors (Lipinski definition) is 4. The van der Waals surface area contributed by atoms with Gasteiger partial charge in [-0.25, -0.2) is 4.98 Å². The molecule has 31 heavy (non-hydrogen) atoms. The summed E-state index contributed by atoms with van der Waals surface area (Å²) >= 11 is 0. The van der Waals surface area contributed by atoms with E-state index in [1.807, 2.05) is 60.7 Å². The van der Waals surface area contributed by atoms with Crippen LogP contribution in [0.4, 0.5) is 11.8 Å². The van der Waals surface area contributed by atoms with Gasteiger partial charge in [0.05, 0.1) is 6.04 Å². The summed E-state index contributed by atoms with van der Waals surface area (Å²) in [5.41, 5.74) is 1.80. The molecule has 0 bridgehead atoms. The molecule has 0 aliphatic heterocycles. The van der Waals surface area contributed by atoms with Crippen LogP contribution in [0, 0.1) is 0 Å². The molecule has 156 valence electrons. The largest absolute Gasteiger partial charge is 0.348 e. The smallest absolute Gasteiger partial charge is 0.259 e. The molecule has 1 atom stereocenters. The number of carbonyl (C=O) groups is 1. The number of aromatic nitrogens is 2. The monoisotopic (exact) mass is 410 g/mol. The van der Waals surface area contributed by atoms with Gasteiger partial charge in [-0.2, -0.15) is 4.98 Å². The summed E-state index contributed by atoms with van der Waals surface area (Å²) in [4.78, 5) is 24.1. The van der Waals surface area contributed by atoms with E-state index >= 15 is 0 Å². The van der Waals surface area contributed by atoms with E-state index in [1.165, 1.54) is 0 Å². The molecule has 1 heterocycles. The predicted octanol–water partition coefficient (Wildman–Crippen LogP) is 5.86. The SMILES string of the molecule is CCCN(C(=O)c1ccc2ccccc2c1)c1ccnc(N[C@@H](C)c2ccccc2)n1. The quantitative estimate of drug-likeness (QED) is 0.415. The summed E-state index contributed by atoms with van der Waals surface area (Å²) in [6, 6.07) is 25.8. The van der Waals surface area contributed by atoms with Crippen molar-refractivity contribution in [2.75, 3.05) is 16.8 Å². The van der Waals surface area contributed by atoms with Gasteiger partial charge in [0, 0.05) is 18.3 Å². The zero-order valence-corrected chi connectivity index (χ0v) is 17.8. The van der Waals surface area contributed by atoms with Gasteiger partial charge < -0.3 is 5.32 Å². The highest BCUT2D eigenvalue weighted by Gasteiger charge is 2.19. The number of carbonyl (C=O) groups excluding carboxylic acids is 1. The Hall–Kier alpha value is -3.73. The Morgan fingerprint density at radius 3 is 2.48 bits per heavy atom. The van der Waals surface area contributed by atoms with Crippen molar-refractivity contribution in [1.82, 2.24) is 9.97 Å². The lowest BCUT2D eigenvalue weighted by atomic mass is 10.1. The Balaban J connectivity index is 1.60. The second-order valence-corrected chi connectivity index (χ2v) is 7.53. The number of amides is 1. The third-order valence-corrected chi connectivity index (χ3v) is 5.25. The molecule has 1 amide bonds. The van der Waals surface area contributed by atoms with Crippen molar-refractivity contribution in [3.8, 4) is 0 Å². The Morgan fingerprint density at radius 2 is 1.71 bits per heavy atom. The number of nitrogens with zero attached hydrogens (tertiary/aromatic N) is 3. The van der Waals surface area contributed by atoms with Crippen LogP contribution >= 0.6 is 0 Å². The molecule has 3 aromatic carbocycles. The molecular weight excluding hydrogens is 384 g/mol. The molecule has 0 saturated heterocycles. The summed E-state index contributed by atoms with van der Waals surface area (Å²) in [7, 11) is 0. The van der Waals surface area contributed by atoms with Crippen LogP contribution in [0.5, 0.6) is 0 Å². The third kappa shape index (κ3) is 4.72. The van der Waals surface area contributed by atoms with Crippen molar-refractivity contribution in [2.45, 2.75) is 26.3 Å². The van der Waals surface area contributed by atoms with E-state index in [2.05, 4.69) is 41.3 Å². The second kappa shape index (κ2) is 9.39. The molecule has 0 saturated carbocycles. The van der Waals surface area contributed by atoms with Crippen LogP contribution in [0.2, 0.25) is 0 Å². The third-order valence-electron chi connectivity index (χ3n) is 5.25. The van der Waals surface area contributed by atoms with E-state index in [-0.39, 0.29) is 11.9 Å². The maximum atomic E-state index is 13.4. The van der Waals surface area contributed by atoms with Gasteiger partial charge in [0.1, 0.15) is 5.82 Å². The maximum absolute atomic E-state index is 13.4. The van der Waals surface area contributed by atoms with Crippen molar-refractivity contribution in [2.24, 2.45) is 0 Å². The average molecular weight is 411 g/mol. The van der Waals surface area contributed by atoms with Crippen molar-refractivity contribution in [3.05, 3.63) is 96.2 Å². The van der Waals surface area contributed by atoms with Gasteiger partial charge in [-0.05, 0) is 47.9 Å². The topological polar surface area (TPSA) is 58.1 Å². The van der Waals surface area contributed by atoms with Crippen LogP contribution in [0.25, 0.3) is 10.8 Å². The number of fused-ring (bicyclic) bond motifs is 1. The van der Waals surface area contributed by atoms with E-state index in [0.717, 1.165) is 22.8 Å². The van der Waals surface area contributed by atoms with Gasteiger partial charge >= 0.3 is 0 Å². The molecule has 4 aromatic rings. The van der Waals surface area contributed by atoms with Gasteiger partial charge in [-0.3, -0.25) is 9.69 Å². The van der Waals surface area contributed by atoms with Crippen LogP contribution in [-0.2, 0) is 0 Å². The molecule has 0 spiro atoms. The Kier molecular flexibility index (Phi) is 6.22. The molecule has 1 aromatic heterocycles. The normalized spacial score (nSPS) is 11.8. The standard InChI is InChI=1S/C26H26N4O/c1-3-17-30(25(31)23-14-13-21-11-7-8-12-22(21)18-23)24-15-16-27-26(29-24)28-19(2)20-9-5-4-6-10-20/h4-16,18-19H,3,17H2,1-2H3,(H,27,28,29)/t19-/m0/s1. The van der Waals surface area contributed by atoms with E-state index in [4.69, 9.17) is 0 Å². The highest BCUT2D eigenvalue weighted by molar-refractivity contribution is 6.07. The van der Waals surface area contributed by atoms with Crippen molar-refractivity contribution in [1.29, 1.82) is 0 Å². The molecular formula is C26H26N4O. The Morgan fingerprint density at radius 1 is 0.968 bits per heavy atom. The van der Waals surface area contributed by atoms with Crippen molar-refractivity contribution < 1.29 is 4.79 Å². The first-order valence-electron chi connectivity index (χ1n) is 10.6. The zero-order chi connectivity index (χ0) is 21.6. The van der Waals surface area contributed by atoms with Gasteiger partial charge in [-0.15, -0.1) is 0 Å². The zero-order valence-electron chi connectivity index (χ0n) is 17.8. The lowest BCUT2D eigenvalue weighted by Crippen LogP contribution is -2.32. The second-order valence-electron chi connectivity index (χ2n) is 7.53. The summed E-state index contributed by atoms with van der Waals surface area (Å²) < 4.78 is 0. The van der Waals surface area contributed by atoms with Gasteiger partial charge in [0.25, 0.3) is 5.91 Å². The van der Waals surface area contributed by atoms with Crippen LogP contribution in [0.1, 0.15) is 42.2 Å². The first-order valence-corrected chi connectivity index (χ1v) is 10.6. The molecule has 5 heteroatoms. The Bertz CT molecular complexity index is 1180. The summed E-state index contributed by atoms with van der Waals surface area (Å²) in [5.74, 6) is 1.03. The van der Waals surface area contributed by atoms with Gasteiger partial charge in [-0.1, -0.05) is 67.6 Å². The van der Waals surface area contributed by atoms with Crippen LogP contribution in [0.15, 0.2) is 85.1 Å².